The fraction of sp³-hybridized carbons (Fsp3) is 0.133. The Bertz CT molecular complexity index is 798. The van der Waals surface area contributed by atoms with Gasteiger partial charge in [-0.25, -0.2) is 17.2 Å². The summed E-state index contributed by atoms with van der Waals surface area (Å²) in [5.74, 6) is -2.57. The summed E-state index contributed by atoms with van der Waals surface area (Å²) in [4.78, 5) is 12.1. The average molecular weight is 310 g/mol. The molecule has 0 aromatic heterocycles. The normalized spacial score (nSPS) is 11.4. The van der Waals surface area contributed by atoms with Crippen molar-refractivity contribution >= 4 is 15.6 Å². The van der Waals surface area contributed by atoms with Crippen molar-refractivity contribution in [3.05, 3.63) is 65.2 Å². The molecule has 3 nitrogen and oxygen atoms in total. The smallest absolute Gasteiger partial charge is 0.175 e. The molecule has 0 amide bonds. The van der Waals surface area contributed by atoms with Crippen LogP contribution in [-0.4, -0.2) is 20.5 Å². The molecule has 0 radical (unpaired) electrons. The van der Waals surface area contributed by atoms with Crippen LogP contribution in [0.3, 0.4) is 0 Å². The van der Waals surface area contributed by atoms with Crippen LogP contribution in [0.25, 0.3) is 0 Å². The Morgan fingerprint density at radius 1 is 1.10 bits per heavy atom. The van der Waals surface area contributed by atoms with Crippen LogP contribution in [0.4, 0.5) is 8.78 Å². The van der Waals surface area contributed by atoms with E-state index in [0.29, 0.717) is 0 Å². The molecule has 0 bridgehead atoms. The first-order valence-electron chi connectivity index (χ1n) is 6.05. The summed E-state index contributed by atoms with van der Waals surface area (Å²) in [7, 11) is -3.43. The molecule has 6 heteroatoms. The lowest BCUT2D eigenvalue weighted by Gasteiger charge is -2.05. The number of Topliss-reactive ketones (excluding diaryl/α,β-unsaturated/α-hetero) is 1. The number of halogens is 2. The first kappa shape index (κ1) is 15.3. The van der Waals surface area contributed by atoms with Crippen LogP contribution in [0, 0.1) is 11.6 Å². The maximum atomic E-state index is 13.5. The number of hydrogen-bond donors (Lipinski definition) is 0. The number of carbonyl (C=O) groups is 1. The van der Waals surface area contributed by atoms with Crippen LogP contribution >= 0.6 is 0 Å². The standard InChI is InChI=1S/C15H12F2O3S/c1-21(19,20)12-6-2-4-10(8-12)14(18)9-11-5-3-7-13(16)15(11)17/h2-8H,9H2,1H3. The van der Waals surface area contributed by atoms with Gasteiger partial charge in [-0.1, -0.05) is 24.3 Å². The highest BCUT2D eigenvalue weighted by Gasteiger charge is 2.15. The van der Waals surface area contributed by atoms with E-state index in [2.05, 4.69) is 0 Å². The maximum Gasteiger partial charge on any atom is 0.175 e. The molecule has 0 unspecified atom stereocenters. The number of rotatable bonds is 4. The summed E-state index contributed by atoms with van der Waals surface area (Å²) >= 11 is 0. The second kappa shape index (κ2) is 5.73. The lowest BCUT2D eigenvalue weighted by atomic mass is 10.0. The first-order valence-corrected chi connectivity index (χ1v) is 7.94. The van der Waals surface area contributed by atoms with Gasteiger partial charge in [0.1, 0.15) is 0 Å². The highest BCUT2D eigenvalue weighted by molar-refractivity contribution is 7.90. The van der Waals surface area contributed by atoms with E-state index in [0.717, 1.165) is 12.3 Å². The molecule has 0 fully saturated rings. The summed E-state index contributed by atoms with van der Waals surface area (Å²) in [5, 5.41) is 0. The molecule has 0 aliphatic carbocycles. The van der Waals surface area contributed by atoms with Crippen LogP contribution < -0.4 is 0 Å². The van der Waals surface area contributed by atoms with Gasteiger partial charge in [0, 0.05) is 18.2 Å². The van der Waals surface area contributed by atoms with E-state index in [1.807, 2.05) is 0 Å². The molecule has 110 valence electrons. The minimum atomic E-state index is -3.43. The maximum absolute atomic E-state index is 13.5. The van der Waals surface area contributed by atoms with Gasteiger partial charge in [0.05, 0.1) is 4.90 Å². The minimum Gasteiger partial charge on any atom is -0.294 e. The monoisotopic (exact) mass is 310 g/mol. The molecular weight excluding hydrogens is 298 g/mol. The topological polar surface area (TPSA) is 51.2 Å². The van der Waals surface area contributed by atoms with Crippen LogP contribution in [0.5, 0.6) is 0 Å². The fourth-order valence-corrected chi connectivity index (χ4v) is 2.53. The van der Waals surface area contributed by atoms with E-state index < -0.39 is 27.3 Å². The number of carbonyl (C=O) groups excluding carboxylic acids is 1. The molecular formula is C15H12F2O3S. The second-order valence-electron chi connectivity index (χ2n) is 4.61. The van der Waals surface area contributed by atoms with Crippen molar-refractivity contribution in [3.8, 4) is 0 Å². The molecule has 0 spiro atoms. The number of hydrogen-bond acceptors (Lipinski definition) is 3. The zero-order valence-electron chi connectivity index (χ0n) is 11.1. The summed E-state index contributed by atoms with van der Waals surface area (Å²) < 4.78 is 49.5. The molecule has 0 heterocycles. The van der Waals surface area contributed by atoms with Gasteiger partial charge in [-0.15, -0.1) is 0 Å². The van der Waals surface area contributed by atoms with Gasteiger partial charge in [-0.2, -0.15) is 0 Å². The lowest BCUT2D eigenvalue weighted by Crippen LogP contribution is -2.07. The van der Waals surface area contributed by atoms with Gasteiger partial charge in [-0.3, -0.25) is 4.79 Å². The zero-order valence-corrected chi connectivity index (χ0v) is 12.0. The Balaban J connectivity index is 2.31. The van der Waals surface area contributed by atoms with Gasteiger partial charge >= 0.3 is 0 Å². The van der Waals surface area contributed by atoms with Crippen molar-refractivity contribution in [2.45, 2.75) is 11.3 Å². The van der Waals surface area contributed by atoms with Crippen LogP contribution in [0.1, 0.15) is 15.9 Å². The van der Waals surface area contributed by atoms with Gasteiger partial charge in [0.2, 0.25) is 0 Å². The zero-order chi connectivity index (χ0) is 15.6. The summed E-state index contributed by atoms with van der Waals surface area (Å²) in [5.41, 5.74) is 0.0753. The van der Waals surface area contributed by atoms with E-state index >= 15 is 0 Å². The molecule has 0 atom stereocenters. The van der Waals surface area contributed by atoms with Crippen LogP contribution in [0.2, 0.25) is 0 Å². The highest BCUT2D eigenvalue weighted by Crippen LogP contribution is 2.16. The quantitative estimate of drug-likeness (QED) is 0.816. The number of sulfone groups is 1. The van der Waals surface area contributed by atoms with E-state index in [1.165, 1.54) is 36.4 Å². The fourth-order valence-electron chi connectivity index (χ4n) is 1.86. The van der Waals surface area contributed by atoms with Gasteiger partial charge in [0.25, 0.3) is 0 Å². The van der Waals surface area contributed by atoms with E-state index in [4.69, 9.17) is 0 Å². The third-order valence-electron chi connectivity index (χ3n) is 2.97. The van der Waals surface area contributed by atoms with Gasteiger partial charge < -0.3 is 0 Å². The minimum absolute atomic E-state index is 0.00747. The number of benzene rings is 2. The average Bonchev–Trinajstić information content (AvgIpc) is 2.43. The molecule has 0 N–H and O–H groups in total. The predicted octanol–water partition coefficient (Wildman–Crippen LogP) is 2.79. The summed E-state index contributed by atoms with van der Waals surface area (Å²) in [6.07, 6.45) is 0.694. The second-order valence-corrected chi connectivity index (χ2v) is 6.63. The first-order chi connectivity index (χ1) is 9.79. The summed E-state index contributed by atoms with van der Waals surface area (Å²) in [6.45, 7) is 0. The van der Waals surface area contributed by atoms with Crippen molar-refractivity contribution in [1.29, 1.82) is 0 Å². The van der Waals surface area contributed by atoms with Crippen LogP contribution in [0.15, 0.2) is 47.4 Å². The Morgan fingerprint density at radius 2 is 1.76 bits per heavy atom. The third-order valence-corrected chi connectivity index (χ3v) is 4.08. The van der Waals surface area contributed by atoms with Crippen molar-refractivity contribution < 1.29 is 22.0 Å². The highest BCUT2D eigenvalue weighted by atomic mass is 32.2. The molecule has 0 aliphatic rings. The molecule has 0 saturated heterocycles. The van der Waals surface area contributed by atoms with Crippen molar-refractivity contribution in [1.82, 2.24) is 0 Å². The lowest BCUT2D eigenvalue weighted by molar-refractivity contribution is 0.0991. The molecule has 2 aromatic rings. The third kappa shape index (κ3) is 3.52. The predicted molar refractivity (Wildman–Crippen MR) is 73.9 cm³/mol. The Labute approximate surface area is 121 Å². The van der Waals surface area contributed by atoms with Crippen molar-refractivity contribution in [2.24, 2.45) is 0 Å². The largest absolute Gasteiger partial charge is 0.294 e. The Kier molecular flexibility index (Phi) is 4.18. The van der Waals surface area contributed by atoms with Crippen LogP contribution in [-0.2, 0) is 16.3 Å². The van der Waals surface area contributed by atoms with Gasteiger partial charge in [0.15, 0.2) is 27.3 Å². The SMILES string of the molecule is CS(=O)(=O)c1cccc(C(=O)Cc2cccc(F)c2F)c1. The van der Waals surface area contributed by atoms with Gasteiger partial charge in [-0.05, 0) is 23.8 Å². The molecule has 0 saturated carbocycles. The molecule has 21 heavy (non-hydrogen) atoms. The van der Waals surface area contributed by atoms with E-state index in [1.54, 1.807) is 0 Å². The Hall–Kier alpha value is -2.08. The van der Waals surface area contributed by atoms with Crippen molar-refractivity contribution in [2.75, 3.05) is 6.26 Å². The van der Waals surface area contributed by atoms with E-state index in [-0.39, 0.29) is 22.4 Å². The summed E-state index contributed by atoms with van der Waals surface area (Å²) in [6, 6.07) is 9.07. The molecule has 0 aliphatic heterocycles. The molecule has 2 aromatic carbocycles. The van der Waals surface area contributed by atoms with Crippen molar-refractivity contribution in [3.63, 3.8) is 0 Å². The molecule has 2 rings (SSSR count). The van der Waals surface area contributed by atoms with E-state index in [9.17, 15) is 22.0 Å². The Morgan fingerprint density at radius 3 is 2.43 bits per heavy atom. The number of ketones is 1.